The van der Waals surface area contributed by atoms with E-state index in [2.05, 4.69) is 9.97 Å². The minimum absolute atomic E-state index is 0.206. The maximum Gasteiger partial charge on any atom is 0.312 e. The van der Waals surface area contributed by atoms with Crippen LogP contribution in [0.25, 0.3) is 0 Å². The summed E-state index contributed by atoms with van der Waals surface area (Å²) in [5, 5.41) is 21.6. The first kappa shape index (κ1) is 16.2. The molecule has 0 saturated carbocycles. The summed E-state index contributed by atoms with van der Waals surface area (Å²) in [5.41, 5.74) is 0.378. The molecule has 0 radical (unpaired) electrons. The molecule has 2 aromatic carbocycles. The second-order valence-electron chi connectivity index (χ2n) is 4.98. The number of benzene rings is 2. The molecule has 25 heavy (non-hydrogen) atoms. The number of anilines is 3. The molecule has 0 aliphatic carbocycles. The molecule has 0 fully saturated rings. The summed E-state index contributed by atoms with van der Waals surface area (Å²) in [5.74, 6) is 0.485. The minimum atomic E-state index is -0.640. The average molecular weight is 338 g/mol. The van der Waals surface area contributed by atoms with Crippen molar-refractivity contribution in [3.8, 4) is 11.5 Å². The number of phenols is 1. The quantitative estimate of drug-likeness (QED) is 0.560. The molecule has 1 aromatic heterocycles. The van der Waals surface area contributed by atoms with Crippen LogP contribution in [-0.2, 0) is 0 Å². The fourth-order valence-corrected chi connectivity index (χ4v) is 2.45. The number of hydrogen-bond donors (Lipinski definition) is 1. The van der Waals surface area contributed by atoms with E-state index < -0.39 is 16.4 Å². The van der Waals surface area contributed by atoms with E-state index in [1.54, 1.807) is 47.5 Å². The predicted octanol–water partition coefficient (Wildman–Crippen LogP) is 3.57. The summed E-state index contributed by atoms with van der Waals surface area (Å²) in [6.07, 6.45) is 2.89. The lowest BCUT2D eigenvalue weighted by atomic mass is 10.2. The first-order valence-corrected chi connectivity index (χ1v) is 7.29. The maximum atomic E-state index is 11.2. The van der Waals surface area contributed by atoms with Crippen molar-refractivity contribution in [2.75, 3.05) is 12.0 Å². The molecule has 0 amide bonds. The minimum Gasteiger partial charge on any atom is -0.501 e. The number of ether oxygens (including phenoxy) is 1. The van der Waals surface area contributed by atoms with Crippen LogP contribution < -0.4 is 9.64 Å². The van der Waals surface area contributed by atoms with Crippen LogP contribution in [0, 0.1) is 10.1 Å². The summed E-state index contributed by atoms with van der Waals surface area (Å²) in [6, 6.07) is 13.0. The molecule has 3 aromatic rings. The highest BCUT2D eigenvalue weighted by Crippen LogP contribution is 2.45. The topological polar surface area (TPSA) is 102 Å². The summed E-state index contributed by atoms with van der Waals surface area (Å²) < 4.78 is 5.39. The summed E-state index contributed by atoms with van der Waals surface area (Å²) >= 11 is 0. The van der Waals surface area contributed by atoms with Crippen molar-refractivity contribution < 1.29 is 14.8 Å². The molecule has 0 unspecified atom stereocenters. The third-order valence-electron chi connectivity index (χ3n) is 3.55. The zero-order valence-corrected chi connectivity index (χ0v) is 13.2. The van der Waals surface area contributed by atoms with Crippen LogP contribution in [-0.4, -0.2) is 27.1 Å². The van der Waals surface area contributed by atoms with Gasteiger partial charge in [-0.25, -0.2) is 9.97 Å². The van der Waals surface area contributed by atoms with Crippen LogP contribution in [0.2, 0.25) is 0 Å². The monoisotopic (exact) mass is 338 g/mol. The van der Waals surface area contributed by atoms with Gasteiger partial charge in [0.2, 0.25) is 5.75 Å². The Morgan fingerprint density at radius 3 is 2.56 bits per heavy atom. The van der Waals surface area contributed by atoms with Crippen molar-refractivity contribution in [2.24, 2.45) is 0 Å². The molecule has 1 heterocycles. The summed E-state index contributed by atoms with van der Waals surface area (Å²) in [7, 11) is 1.52. The van der Waals surface area contributed by atoms with Crippen LogP contribution in [0.15, 0.2) is 61.1 Å². The van der Waals surface area contributed by atoms with E-state index in [-0.39, 0.29) is 5.69 Å². The molecule has 3 rings (SSSR count). The highest BCUT2D eigenvalue weighted by atomic mass is 16.6. The molecule has 0 atom stereocenters. The fourth-order valence-electron chi connectivity index (χ4n) is 2.45. The smallest absolute Gasteiger partial charge is 0.312 e. The first-order chi connectivity index (χ1) is 12.1. The van der Waals surface area contributed by atoms with Gasteiger partial charge in [-0.1, -0.05) is 18.2 Å². The van der Waals surface area contributed by atoms with E-state index in [9.17, 15) is 15.2 Å². The normalized spacial score (nSPS) is 10.3. The molecule has 1 N–H and O–H groups in total. The van der Waals surface area contributed by atoms with Gasteiger partial charge in [-0.2, -0.15) is 0 Å². The Balaban J connectivity index is 2.27. The van der Waals surface area contributed by atoms with Crippen molar-refractivity contribution in [3.63, 3.8) is 0 Å². The molecular formula is C17H14N4O4. The largest absolute Gasteiger partial charge is 0.501 e. The van der Waals surface area contributed by atoms with E-state index in [4.69, 9.17) is 4.74 Å². The molecule has 126 valence electrons. The van der Waals surface area contributed by atoms with Gasteiger partial charge in [-0.3, -0.25) is 15.0 Å². The Morgan fingerprint density at radius 2 is 1.88 bits per heavy atom. The van der Waals surface area contributed by atoms with Gasteiger partial charge in [-0.15, -0.1) is 0 Å². The number of nitro benzene ring substituents is 1. The number of methoxy groups -OCH3 is 1. The molecule has 8 nitrogen and oxygen atoms in total. The van der Waals surface area contributed by atoms with E-state index >= 15 is 0 Å². The predicted molar refractivity (Wildman–Crippen MR) is 91.6 cm³/mol. The summed E-state index contributed by atoms with van der Waals surface area (Å²) in [4.78, 5) is 20.2. The highest BCUT2D eigenvalue weighted by molar-refractivity contribution is 5.83. The maximum absolute atomic E-state index is 11.2. The van der Waals surface area contributed by atoms with E-state index in [1.807, 2.05) is 0 Å². The molecule has 0 aliphatic rings. The average Bonchev–Trinajstić information content (AvgIpc) is 2.64. The number of phenolic OH excluding ortho intramolecular Hbond substituents is 1. The molecule has 0 saturated heterocycles. The van der Waals surface area contributed by atoms with Crippen molar-refractivity contribution >= 4 is 22.9 Å². The zero-order valence-electron chi connectivity index (χ0n) is 13.2. The lowest BCUT2D eigenvalue weighted by Crippen LogP contribution is -2.13. The van der Waals surface area contributed by atoms with E-state index in [1.165, 1.54) is 25.6 Å². The molecule has 8 heteroatoms. The lowest BCUT2D eigenvalue weighted by molar-refractivity contribution is -0.385. The first-order valence-electron chi connectivity index (χ1n) is 7.29. The van der Waals surface area contributed by atoms with Gasteiger partial charge < -0.3 is 9.84 Å². The van der Waals surface area contributed by atoms with Crippen molar-refractivity contribution in [1.29, 1.82) is 0 Å². The molecule has 0 bridgehead atoms. The van der Waals surface area contributed by atoms with Gasteiger partial charge in [-0.05, 0) is 24.3 Å². The van der Waals surface area contributed by atoms with Crippen molar-refractivity contribution in [1.82, 2.24) is 9.97 Å². The van der Waals surface area contributed by atoms with Gasteiger partial charge in [0.05, 0.1) is 23.4 Å². The SMILES string of the molecule is COc1ccccc1N(c1ccncn1)c1cccc([N+](=O)[O-])c1O. The standard InChI is InChI=1S/C17H14N4O4/c1-25-15-8-3-2-5-12(15)20(16-9-10-18-11-19-16)13-6-4-7-14(17(13)22)21(23)24/h2-11,22H,1H3. The number of nitro groups is 1. The number of aromatic hydroxyl groups is 1. The van der Waals surface area contributed by atoms with Gasteiger partial charge in [0, 0.05) is 12.3 Å². The van der Waals surface area contributed by atoms with Gasteiger partial charge in [0.15, 0.2) is 0 Å². The number of aromatic nitrogens is 2. The Labute approximate surface area is 143 Å². The summed E-state index contributed by atoms with van der Waals surface area (Å²) in [6.45, 7) is 0. The van der Waals surface area contributed by atoms with Crippen LogP contribution in [0.1, 0.15) is 0 Å². The van der Waals surface area contributed by atoms with Gasteiger partial charge in [0.1, 0.15) is 17.9 Å². The Kier molecular flexibility index (Phi) is 4.42. The van der Waals surface area contributed by atoms with Gasteiger partial charge >= 0.3 is 5.69 Å². The second kappa shape index (κ2) is 6.83. The molecule has 0 aliphatic heterocycles. The highest BCUT2D eigenvalue weighted by Gasteiger charge is 2.25. The van der Waals surface area contributed by atoms with Crippen molar-refractivity contribution in [3.05, 3.63) is 71.2 Å². The van der Waals surface area contributed by atoms with Gasteiger partial charge in [0.25, 0.3) is 0 Å². The molecular weight excluding hydrogens is 324 g/mol. The lowest BCUT2D eigenvalue weighted by Gasteiger charge is -2.25. The Bertz CT molecular complexity index is 902. The third kappa shape index (κ3) is 3.05. The Hall–Kier alpha value is -3.68. The fraction of sp³-hybridized carbons (Fsp3) is 0.0588. The van der Waals surface area contributed by atoms with Crippen LogP contribution in [0.4, 0.5) is 22.9 Å². The molecule has 0 spiro atoms. The van der Waals surface area contributed by atoms with Crippen molar-refractivity contribution in [2.45, 2.75) is 0 Å². The van der Waals surface area contributed by atoms with E-state index in [0.717, 1.165) is 0 Å². The van der Waals surface area contributed by atoms with E-state index in [0.29, 0.717) is 17.3 Å². The van der Waals surface area contributed by atoms with Crippen LogP contribution in [0.3, 0.4) is 0 Å². The third-order valence-corrected chi connectivity index (χ3v) is 3.55. The number of rotatable bonds is 5. The number of nitrogens with zero attached hydrogens (tertiary/aromatic N) is 4. The number of para-hydroxylation sites is 3. The number of hydrogen-bond acceptors (Lipinski definition) is 7. The zero-order chi connectivity index (χ0) is 17.8. The van der Waals surface area contributed by atoms with Crippen LogP contribution >= 0.6 is 0 Å². The Morgan fingerprint density at radius 1 is 1.12 bits per heavy atom. The van der Waals surface area contributed by atoms with Crippen LogP contribution in [0.5, 0.6) is 11.5 Å². The second-order valence-corrected chi connectivity index (χ2v) is 4.98.